The second-order valence-electron chi connectivity index (χ2n) is 7.56. The van der Waals surface area contributed by atoms with Crippen LogP contribution in [0.1, 0.15) is 37.2 Å². The number of amides is 2. The van der Waals surface area contributed by atoms with E-state index in [1.165, 1.54) is 4.90 Å². The zero-order valence-corrected chi connectivity index (χ0v) is 18.4. The highest BCUT2D eigenvalue weighted by Gasteiger charge is 2.14. The van der Waals surface area contributed by atoms with Gasteiger partial charge in [-0.2, -0.15) is 5.10 Å². The van der Waals surface area contributed by atoms with Crippen molar-refractivity contribution < 1.29 is 9.59 Å². The highest BCUT2D eigenvalue weighted by molar-refractivity contribution is 8.13. The minimum Gasteiger partial charge on any atom is -0.339 e. The van der Waals surface area contributed by atoms with Crippen molar-refractivity contribution in [3.05, 3.63) is 41.2 Å². The summed E-state index contributed by atoms with van der Waals surface area (Å²) in [5, 5.41) is 7.50. The molecule has 0 unspecified atom stereocenters. The number of carbonyl (C=O) groups is 2. The number of anilines is 1. The van der Waals surface area contributed by atoms with Gasteiger partial charge in [-0.1, -0.05) is 13.8 Å². The number of hydrogen-bond donors (Lipinski definition) is 1. The molecule has 0 fully saturated rings. The fourth-order valence-electron chi connectivity index (χ4n) is 2.88. The minimum absolute atomic E-state index is 0.0273. The van der Waals surface area contributed by atoms with Crippen LogP contribution in [0.15, 0.2) is 29.2 Å². The molecule has 28 heavy (non-hydrogen) atoms. The molecule has 0 spiro atoms. The summed E-state index contributed by atoms with van der Waals surface area (Å²) < 4.78 is 2.04. The Morgan fingerprint density at radius 2 is 1.82 bits per heavy atom. The highest BCUT2D eigenvalue weighted by Crippen LogP contribution is 2.23. The maximum atomic E-state index is 12.3. The molecule has 0 bridgehead atoms. The van der Waals surface area contributed by atoms with Gasteiger partial charge < -0.3 is 10.2 Å². The Bertz CT molecular complexity index is 826. The fraction of sp³-hybridized carbons (Fsp3) is 0.476. The summed E-state index contributed by atoms with van der Waals surface area (Å²) in [6.45, 7) is 9.30. The lowest BCUT2D eigenvalue weighted by Crippen LogP contribution is -2.16. The SMILES string of the molecule is Cc1nn(CC(C)C)c(C)c1CCC(=O)Nc1ccc(SC(=O)N(C)C)cc1. The van der Waals surface area contributed by atoms with E-state index in [1.54, 1.807) is 14.1 Å². The number of hydrogen-bond acceptors (Lipinski definition) is 4. The normalized spacial score (nSPS) is 11.0. The topological polar surface area (TPSA) is 67.2 Å². The molecule has 0 atom stereocenters. The van der Waals surface area contributed by atoms with E-state index in [0.717, 1.165) is 45.8 Å². The number of nitrogens with one attached hydrogen (secondary N) is 1. The Balaban J connectivity index is 1.91. The molecule has 2 amide bonds. The number of aryl methyl sites for hydroxylation is 1. The second-order valence-corrected chi connectivity index (χ2v) is 8.59. The molecule has 0 aliphatic heterocycles. The first kappa shape index (κ1) is 22.0. The van der Waals surface area contributed by atoms with Crippen molar-refractivity contribution in [3.8, 4) is 0 Å². The van der Waals surface area contributed by atoms with Gasteiger partial charge in [0, 0.05) is 43.3 Å². The Hall–Kier alpha value is -2.28. The minimum atomic E-state index is -0.0276. The molecule has 0 saturated carbocycles. The maximum Gasteiger partial charge on any atom is 0.285 e. The fourth-order valence-corrected chi connectivity index (χ4v) is 3.54. The molecule has 1 N–H and O–H groups in total. The number of nitrogens with zero attached hydrogens (tertiary/aromatic N) is 3. The number of carbonyl (C=O) groups excluding carboxylic acids is 2. The zero-order valence-electron chi connectivity index (χ0n) is 17.6. The molecule has 1 aromatic heterocycles. The van der Waals surface area contributed by atoms with E-state index in [1.807, 2.05) is 35.9 Å². The Morgan fingerprint density at radius 1 is 1.18 bits per heavy atom. The summed E-state index contributed by atoms with van der Waals surface area (Å²) in [5.41, 5.74) is 4.03. The standard InChI is InChI=1S/C21H30N4O2S/c1-14(2)13-25-16(4)19(15(3)23-25)11-12-20(26)22-17-7-9-18(10-8-17)28-21(27)24(5)6/h7-10,14H,11-13H2,1-6H3,(H,22,26). The van der Waals surface area contributed by atoms with Crippen LogP contribution in [0.2, 0.25) is 0 Å². The molecular weight excluding hydrogens is 372 g/mol. The maximum absolute atomic E-state index is 12.3. The van der Waals surface area contributed by atoms with E-state index in [0.29, 0.717) is 18.8 Å². The van der Waals surface area contributed by atoms with Crippen LogP contribution in [0.4, 0.5) is 10.5 Å². The van der Waals surface area contributed by atoms with E-state index in [-0.39, 0.29) is 11.1 Å². The number of rotatable bonds is 7. The summed E-state index contributed by atoms with van der Waals surface area (Å²) in [4.78, 5) is 26.4. The van der Waals surface area contributed by atoms with Gasteiger partial charge in [0.15, 0.2) is 0 Å². The number of thioether (sulfide) groups is 1. The van der Waals surface area contributed by atoms with Crippen LogP contribution in [0.3, 0.4) is 0 Å². The van der Waals surface area contributed by atoms with Crippen molar-refractivity contribution in [3.63, 3.8) is 0 Å². The van der Waals surface area contributed by atoms with Crippen LogP contribution in [0, 0.1) is 19.8 Å². The van der Waals surface area contributed by atoms with Crippen molar-refractivity contribution in [1.29, 1.82) is 0 Å². The van der Waals surface area contributed by atoms with Gasteiger partial charge in [0.2, 0.25) is 5.91 Å². The summed E-state index contributed by atoms with van der Waals surface area (Å²) in [7, 11) is 3.44. The third-order valence-corrected chi connectivity index (χ3v) is 5.43. The van der Waals surface area contributed by atoms with Crippen molar-refractivity contribution in [2.45, 2.75) is 52.0 Å². The van der Waals surface area contributed by atoms with E-state index < -0.39 is 0 Å². The summed E-state index contributed by atoms with van der Waals surface area (Å²) in [6.07, 6.45) is 1.08. The van der Waals surface area contributed by atoms with Gasteiger partial charge in [0.05, 0.1) is 5.69 Å². The molecular formula is C21H30N4O2S. The van der Waals surface area contributed by atoms with Gasteiger partial charge in [-0.05, 0) is 67.8 Å². The monoisotopic (exact) mass is 402 g/mol. The molecule has 7 heteroatoms. The van der Waals surface area contributed by atoms with Crippen LogP contribution in [-0.2, 0) is 17.8 Å². The summed E-state index contributed by atoms with van der Waals surface area (Å²) >= 11 is 1.16. The predicted octanol–water partition coefficient (Wildman–Crippen LogP) is 4.50. The van der Waals surface area contributed by atoms with Gasteiger partial charge in [-0.15, -0.1) is 0 Å². The molecule has 1 heterocycles. The summed E-state index contributed by atoms with van der Waals surface area (Å²) in [5.74, 6) is 0.503. The van der Waals surface area contributed by atoms with Gasteiger partial charge in [0.1, 0.15) is 0 Å². The Kier molecular flexibility index (Phi) is 7.69. The van der Waals surface area contributed by atoms with Crippen LogP contribution in [0.25, 0.3) is 0 Å². The van der Waals surface area contributed by atoms with Crippen LogP contribution >= 0.6 is 11.8 Å². The average molecular weight is 403 g/mol. The van der Waals surface area contributed by atoms with E-state index in [2.05, 4.69) is 31.2 Å². The van der Waals surface area contributed by atoms with Gasteiger partial charge >= 0.3 is 0 Å². The number of aromatic nitrogens is 2. The van der Waals surface area contributed by atoms with Crippen molar-refractivity contribution in [2.24, 2.45) is 5.92 Å². The Labute approximate surface area is 171 Å². The Morgan fingerprint density at radius 3 is 2.39 bits per heavy atom. The van der Waals surface area contributed by atoms with Crippen molar-refractivity contribution >= 4 is 28.6 Å². The molecule has 1 aromatic carbocycles. The second kappa shape index (κ2) is 9.78. The van der Waals surface area contributed by atoms with Gasteiger partial charge in [0.25, 0.3) is 5.24 Å². The third kappa shape index (κ3) is 6.12. The molecule has 6 nitrogen and oxygen atoms in total. The largest absolute Gasteiger partial charge is 0.339 e. The first-order valence-electron chi connectivity index (χ1n) is 9.49. The lowest BCUT2D eigenvalue weighted by atomic mass is 10.1. The van der Waals surface area contributed by atoms with E-state index in [4.69, 9.17) is 0 Å². The highest BCUT2D eigenvalue weighted by atomic mass is 32.2. The molecule has 2 rings (SSSR count). The molecule has 0 aliphatic rings. The zero-order chi connectivity index (χ0) is 20.8. The summed E-state index contributed by atoms with van der Waals surface area (Å²) in [6, 6.07) is 7.32. The third-order valence-electron chi connectivity index (χ3n) is 4.38. The molecule has 0 saturated heterocycles. The lowest BCUT2D eigenvalue weighted by Gasteiger charge is -2.10. The molecule has 2 aromatic rings. The van der Waals surface area contributed by atoms with E-state index >= 15 is 0 Å². The van der Waals surface area contributed by atoms with Crippen LogP contribution in [-0.4, -0.2) is 39.9 Å². The number of benzene rings is 1. The first-order chi connectivity index (χ1) is 13.2. The molecule has 0 radical (unpaired) electrons. The van der Waals surface area contributed by atoms with E-state index in [9.17, 15) is 9.59 Å². The molecule has 0 aliphatic carbocycles. The first-order valence-corrected chi connectivity index (χ1v) is 10.3. The van der Waals surface area contributed by atoms with Crippen LogP contribution < -0.4 is 5.32 Å². The predicted molar refractivity (Wildman–Crippen MR) is 115 cm³/mol. The quantitative estimate of drug-likeness (QED) is 0.693. The lowest BCUT2D eigenvalue weighted by molar-refractivity contribution is -0.116. The van der Waals surface area contributed by atoms with Crippen molar-refractivity contribution in [1.82, 2.24) is 14.7 Å². The van der Waals surface area contributed by atoms with Crippen LogP contribution in [0.5, 0.6) is 0 Å². The average Bonchev–Trinajstić information content (AvgIpc) is 2.87. The van der Waals surface area contributed by atoms with Gasteiger partial charge in [-0.3, -0.25) is 14.3 Å². The molecule has 152 valence electrons. The van der Waals surface area contributed by atoms with Gasteiger partial charge in [-0.25, -0.2) is 0 Å². The van der Waals surface area contributed by atoms with Crippen molar-refractivity contribution in [2.75, 3.05) is 19.4 Å². The smallest absolute Gasteiger partial charge is 0.285 e.